The Hall–Kier alpha value is -3.22. The van der Waals surface area contributed by atoms with Gasteiger partial charge in [-0.3, -0.25) is 20.4 Å². The molecule has 0 fully saturated rings. The van der Waals surface area contributed by atoms with Crippen LogP contribution in [0.25, 0.3) is 0 Å². The van der Waals surface area contributed by atoms with Gasteiger partial charge in [0.05, 0.1) is 13.7 Å². The van der Waals surface area contributed by atoms with Crippen LogP contribution in [-0.4, -0.2) is 32.1 Å². The maximum Gasteiger partial charge on any atom is 0.276 e. The third-order valence-corrected chi connectivity index (χ3v) is 4.62. The van der Waals surface area contributed by atoms with Crippen molar-refractivity contribution >= 4 is 11.8 Å². The smallest absolute Gasteiger partial charge is 0.276 e. The number of methoxy groups -OCH3 is 1. The van der Waals surface area contributed by atoms with Crippen molar-refractivity contribution in [2.75, 3.05) is 20.3 Å². The number of rotatable bonds is 10. The lowest BCUT2D eigenvalue weighted by Crippen LogP contribution is -2.43. The summed E-state index contributed by atoms with van der Waals surface area (Å²) in [4.78, 5) is 24.4. The topological polar surface area (TPSA) is 85.9 Å². The van der Waals surface area contributed by atoms with E-state index in [1.54, 1.807) is 18.2 Å². The van der Waals surface area contributed by atoms with Crippen molar-refractivity contribution in [1.82, 2.24) is 10.9 Å². The van der Waals surface area contributed by atoms with Gasteiger partial charge >= 0.3 is 0 Å². The molecule has 0 spiro atoms. The summed E-state index contributed by atoms with van der Waals surface area (Å²) in [6.45, 7) is 6.55. The summed E-state index contributed by atoms with van der Waals surface area (Å²) < 4.78 is 16.5. The van der Waals surface area contributed by atoms with Crippen molar-refractivity contribution in [3.8, 4) is 17.2 Å². The minimum absolute atomic E-state index is 0.207. The van der Waals surface area contributed by atoms with Crippen LogP contribution in [0, 0.1) is 0 Å². The van der Waals surface area contributed by atoms with Crippen LogP contribution in [0.1, 0.15) is 55.5 Å². The van der Waals surface area contributed by atoms with E-state index in [9.17, 15) is 9.59 Å². The molecule has 0 aliphatic rings. The molecule has 2 amide bonds. The van der Waals surface area contributed by atoms with E-state index in [4.69, 9.17) is 14.2 Å². The first-order valence-corrected chi connectivity index (χ1v) is 10.1. The summed E-state index contributed by atoms with van der Waals surface area (Å²) in [5.74, 6) is 1.07. The van der Waals surface area contributed by atoms with Gasteiger partial charge in [-0.1, -0.05) is 39.0 Å². The Morgan fingerprint density at radius 2 is 1.73 bits per heavy atom. The Kier molecular flexibility index (Phi) is 9.00. The molecule has 1 atom stereocenters. The lowest BCUT2D eigenvalue weighted by atomic mass is 9.98. The van der Waals surface area contributed by atoms with E-state index in [0.717, 1.165) is 18.4 Å². The standard InChI is InChI=1S/C23H30N2O5/c1-5-13-29-20-12-11-17(14-21(20)28-4)23(27)25-24-22(26)15-30-19-10-8-7-9-18(19)16(3)6-2/h7-12,14,16H,5-6,13,15H2,1-4H3,(H,24,26)(H,25,27). The van der Waals surface area contributed by atoms with Crippen LogP contribution in [0.15, 0.2) is 42.5 Å². The van der Waals surface area contributed by atoms with Gasteiger partial charge < -0.3 is 14.2 Å². The summed E-state index contributed by atoms with van der Waals surface area (Å²) in [6, 6.07) is 12.5. The maximum atomic E-state index is 12.3. The average Bonchev–Trinajstić information content (AvgIpc) is 2.79. The van der Waals surface area contributed by atoms with Crippen LogP contribution in [0.4, 0.5) is 0 Å². The van der Waals surface area contributed by atoms with E-state index in [1.807, 2.05) is 31.2 Å². The molecular formula is C23H30N2O5. The summed E-state index contributed by atoms with van der Waals surface area (Å²) in [7, 11) is 1.51. The van der Waals surface area contributed by atoms with Gasteiger partial charge in [-0.15, -0.1) is 0 Å². The molecule has 0 aliphatic heterocycles. The fourth-order valence-corrected chi connectivity index (χ4v) is 2.76. The Labute approximate surface area is 177 Å². The van der Waals surface area contributed by atoms with E-state index >= 15 is 0 Å². The van der Waals surface area contributed by atoms with Gasteiger partial charge in [0.15, 0.2) is 18.1 Å². The summed E-state index contributed by atoms with van der Waals surface area (Å²) in [5, 5.41) is 0. The number of para-hydroxylation sites is 1. The van der Waals surface area contributed by atoms with Crippen molar-refractivity contribution in [2.45, 2.75) is 39.5 Å². The molecule has 0 aromatic heterocycles. The van der Waals surface area contributed by atoms with E-state index in [0.29, 0.717) is 35.3 Å². The number of nitrogens with one attached hydrogen (secondary N) is 2. The van der Waals surface area contributed by atoms with Crippen LogP contribution < -0.4 is 25.1 Å². The van der Waals surface area contributed by atoms with E-state index in [1.165, 1.54) is 7.11 Å². The van der Waals surface area contributed by atoms with Crippen LogP contribution in [0.3, 0.4) is 0 Å². The highest BCUT2D eigenvalue weighted by molar-refractivity contribution is 5.96. The third kappa shape index (κ3) is 6.40. The molecule has 162 valence electrons. The monoisotopic (exact) mass is 414 g/mol. The van der Waals surface area contributed by atoms with Crippen molar-refractivity contribution in [1.29, 1.82) is 0 Å². The van der Waals surface area contributed by atoms with E-state index in [-0.39, 0.29) is 6.61 Å². The number of ether oxygens (including phenoxy) is 3. The molecular weight excluding hydrogens is 384 g/mol. The first kappa shape index (κ1) is 23.1. The second kappa shape index (κ2) is 11.7. The zero-order chi connectivity index (χ0) is 21.9. The summed E-state index contributed by atoms with van der Waals surface area (Å²) in [5.41, 5.74) is 6.13. The van der Waals surface area contributed by atoms with Crippen molar-refractivity contribution < 1.29 is 23.8 Å². The Bertz CT molecular complexity index is 853. The molecule has 0 saturated carbocycles. The van der Waals surface area contributed by atoms with Crippen LogP contribution in [0.5, 0.6) is 17.2 Å². The third-order valence-electron chi connectivity index (χ3n) is 4.62. The fraction of sp³-hybridized carbons (Fsp3) is 0.391. The Morgan fingerprint density at radius 1 is 0.967 bits per heavy atom. The number of hydrogen-bond acceptors (Lipinski definition) is 5. The zero-order valence-corrected chi connectivity index (χ0v) is 18.0. The number of hydrogen-bond donors (Lipinski definition) is 2. The van der Waals surface area contributed by atoms with Gasteiger partial charge in [0, 0.05) is 5.56 Å². The molecule has 0 saturated heterocycles. The SMILES string of the molecule is CCCOc1ccc(C(=O)NNC(=O)COc2ccccc2C(C)CC)cc1OC. The lowest BCUT2D eigenvalue weighted by molar-refractivity contribution is -0.123. The molecule has 2 aromatic carbocycles. The van der Waals surface area contributed by atoms with Gasteiger partial charge in [-0.25, -0.2) is 0 Å². The van der Waals surface area contributed by atoms with Crippen LogP contribution >= 0.6 is 0 Å². The first-order valence-electron chi connectivity index (χ1n) is 10.1. The molecule has 0 bridgehead atoms. The largest absolute Gasteiger partial charge is 0.493 e. The molecule has 2 aromatic rings. The molecule has 1 unspecified atom stereocenters. The van der Waals surface area contributed by atoms with Crippen molar-refractivity contribution in [3.05, 3.63) is 53.6 Å². The molecule has 2 rings (SSSR count). The zero-order valence-electron chi connectivity index (χ0n) is 18.0. The normalized spacial score (nSPS) is 11.3. The maximum absolute atomic E-state index is 12.3. The highest BCUT2D eigenvalue weighted by Gasteiger charge is 2.14. The molecule has 0 heterocycles. The van der Waals surface area contributed by atoms with Crippen molar-refractivity contribution in [3.63, 3.8) is 0 Å². The minimum atomic E-state index is -0.469. The Balaban J connectivity index is 1.90. The van der Waals surface area contributed by atoms with Gasteiger partial charge in [-0.2, -0.15) is 0 Å². The fourth-order valence-electron chi connectivity index (χ4n) is 2.76. The number of amides is 2. The second-order valence-corrected chi connectivity index (χ2v) is 6.85. The van der Waals surface area contributed by atoms with Crippen LogP contribution in [0.2, 0.25) is 0 Å². The number of hydrazine groups is 1. The number of carbonyl (C=O) groups is 2. The average molecular weight is 415 g/mol. The highest BCUT2D eigenvalue weighted by Crippen LogP contribution is 2.29. The summed E-state index contributed by atoms with van der Waals surface area (Å²) >= 11 is 0. The molecule has 2 N–H and O–H groups in total. The Morgan fingerprint density at radius 3 is 2.43 bits per heavy atom. The molecule has 0 aliphatic carbocycles. The predicted octanol–water partition coefficient (Wildman–Crippen LogP) is 3.84. The predicted molar refractivity (Wildman–Crippen MR) is 115 cm³/mol. The summed E-state index contributed by atoms with van der Waals surface area (Å²) in [6.07, 6.45) is 1.83. The van der Waals surface area contributed by atoms with E-state index in [2.05, 4.69) is 24.7 Å². The molecule has 7 nitrogen and oxygen atoms in total. The van der Waals surface area contributed by atoms with E-state index < -0.39 is 11.8 Å². The molecule has 0 radical (unpaired) electrons. The highest BCUT2D eigenvalue weighted by atomic mass is 16.5. The van der Waals surface area contributed by atoms with Crippen molar-refractivity contribution in [2.24, 2.45) is 0 Å². The first-order chi connectivity index (χ1) is 14.5. The molecule has 7 heteroatoms. The molecule has 30 heavy (non-hydrogen) atoms. The second-order valence-electron chi connectivity index (χ2n) is 6.85. The minimum Gasteiger partial charge on any atom is -0.493 e. The number of carbonyl (C=O) groups excluding carboxylic acids is 2. The van der Waals surface area contributed by atoms with Gasteiger partial charge in [-0.05, 0) is 48.6 Å². The van der Waals surface area contributed by atoms with Crippen LogP contribution in [-0.2, 0) is 4.79 Å². The van der Waals surface area contributed by atoms with Gasteiger partial charge in [0.2, 0.25) is 0 Å². The number of benzene rings is 2. The van der Waals surface area contributed by atoms with Gasteiger partial charge in [0.25, 0.3) is 11.8 Å². The quantitative estimate of drug-likeness (QED) is 0.577. The lowest BCUT2D eigenvalue weighted by Gasteiger charge is -2.15. The van der Waals surface area contributed by atoms with Gasteiger partial charge in [0.1, 0.15) is 5.75 Å².